The second-order valence-electron chi connectivity index (χ2n) is 3.23. The highest BCUT2D eigenvalue weighted by Crippen LogP contribution is 1.97. The number of hydrogen-bond donors (Lipinski definition) is 2. The molecule has 0 radical (unpaired) electrons. The van der Waals surface area contributed by atoms with Gasteiger partial charge in [0.2, 0.25) is 0 Å². The summed E-state index contributed by atoms with van der Waals surface area (Å²) in [7, 11) is 0. The van der Waals surface area contributed by atoms with Crippen LogP contribution in [0.2, 0.25) is 0 Å². The quantitative estimate of drug-likeness (QED) is 0.709. The lowest BCUT2D eigenvalue weighted by atomic mass is 10.3. The van der Waals surface area contributed by atoms with Crippen LogP contribution in [-0.2, 0) is 0 Å². The van der Waals surface area contributed by atoms with Crippen LogP contribution in [0.15, 0.2) is 36.7 Å². The number of rotatable bonds is 0. The maximum Gasteiger partial charge on any atom is 0.123 e. The van der Waals surface area contributed by atoms with E-state index in [9.17, 15) is 0 Å². The third-order valence-electron chi connectivity index (χ3n) is 1.72. The third kappa shape index (κ3) is 4.41. The normalized spacial score (nSPS) is 12.7. The maximum absolute atomic E-state index is 7.00. The molecule has 2 aromatic rings. The summed E-state index contributed by atoms with van der Waals surface area (Å²) in [5.74, 6) is 0.911. The zero-order chi connectivity index (χ0) is 14.5. The first-order valence-electron chi connectivity index (χ1n) is 6.19. The minimum atomic E-state index is -2.08. The van der Waals surface area contributed by atoms with Gasteiger partial charge in [0, 0.05) is 16.5 Å². The highest BCUT2D eigenvalue weighted by atomic mass is 14.8. The Morgan fingerprint density at radius 1 is 0.938 bits per heavy atom. The van der Waals surface area contributed by atoms with Crippen LogP contribution in [-0.4, -0.2) is 9.97 Å². The summed E-state index contributed by atoms with van der Waals surface area (Å²) in [6.45, 7) is -0.104. The molecule has 0 fully saturated rings. The van der Waals surface area contributed by atoms with Gasteiger partial charge in [0.1, 0.15) is 11.6 Å². The molecule has 2 rings (SSSR count). The van der Waals surface area contributed by atoms with Crippen LogP contribution in [0.4, 0.5) is 11.6 Å². The van der Waals surface area contributed by atoms with E-state index in [1.807, 2.05) is 13.0 Å². The molecule has 0 bridgehead atoms. The van der Waals surface area contributed by atoms with Gasteiger partial charge >= 0.3 is 0 Å². The Morgan fingerprint density at radius 3 is 1.81 bits per heavy atom. The third-order valence-corrected chi connectivity index (χ3v) is 1.72. The number of pyridine rings is 2. The number of nitrogens with zero attached hydrogens (tertiary/aromatic N) is 2. The van der Waals surface area contributed by atoms with Crippen LogP contribution in [0.1, 0.15) is 15.2 Å². The Bertz CT molecular complexity index is 485. The average molecular weight is 219 g/mol. The molecular weight excluding hydrogens is 200 g/mol. The maximum atomic E-state index is 7.00. The predicted molar refractivity (Wildman–Crippen MR) is 66.8 cm³/mol. The number of hydrogen-bond acceptors (Lipinski definition) is 4. The van der Waals surface area contributed by atoms with Gasteiger partial charge in [-0.2, -0.15) is 0 Å². The molecule has 0 aromatic carbocycles. The van der Waals surface area contributed by atoms with E-state index in [4.69, 9.17) is 15.6 Å². The molecule has 2 aromatic heterocycles. The molecule has 0 aliphatic rings. The van der Waals surface area contributed by atoms with Gasteiger partial charge in [-0.05, 0) is 37.0 Å². The lowest BCUT2D eigenvalue weighted by Gasteiger charge is -1.89. The van der Waals surface area contributed by atoms with Gasteiger partial charge in [-0.3, -0.25) is 0 Å². The Balaban J connectivity index is 0.000000200. The van der Waals surface area contributed by atoms with Crippen LogP contribution in [0.3, 0.4) is 0 Å². The van der Waals surface area contributed by atoms with Gasteiger partial charge in [-0.25, -0.2) is 9.97 Å². The minimum absolute atomic E-state index is 0.215. The number of aryl methyl sites for hydroxylation is 2. The summed E-state index contributed by atoms with van der Waals surface area (Å²) in [4.78, 5) is 7.52. The van der Waals surface area contributed by atoms with Gasteiger partial charge in [0.05, 0.1) is 0 Å². The molecule has 4 N–H and O–H groups in total. The topological polar surface area (TPSA) is 77.8 Å². The minimum Gasteiger partial charge on any atom is -0.384 e. The highest BCUT2D eigenvalue weighted by molar-refractivity contribution is 5.29. The zero-order valence-electron chi connectivity index (χ0n) is 12.0. The highest BCUT2D eigenvalue weighted by Gasteiger charge is 1.82. The van der Waals surface area contributed by atoms with Gasteiger partial charge in [0.25, 0.3) is 0 Å². The van der Waals surface area contributed by atoms with Crippen LogP contribution >= 0.6 is 0 Å². The van der Waals surface area contributed by atoms with E-state index in [0.29, 0.717) is 11.6 Å². The van der Waals surface area contributed by atoms with E-state index in [1.165, 1.54) is 18.3 Å². The Kier molecular flexibility index (Phi) is 2.89. The first-order valence-corrected chi connectivity index (χ1v) is 4.69. The van der Waals surface area contributed by atoms with Crippen molar-refractivity contribution >= 4 is 11.6 Å². The van der Waals surface area contributed by atoms with Crippen LogP contribution in [0.5, 0.6) is 0 Å². The van der Waals surface area contributed by atoms with E-state index in [1.54, 1.807) is 12.3 Å². The van der Waals surface area contributed by atoms with Crippen molar-refractivity contribution in [2.24, 2.45) is 0 Å². The van der Waals surface area contributed by atoms with Gasteiger partial charge < -0.3 is 11.5 Å². The summed E-state index contributed by atoms with van der Waals surface area (Å²) >= 11 is 0. The summed E-state index contributed by atoms with van der Waals surface area (Å²) < 4.78 is 21.0. The molecule has 4 heteroatoms. The Labute approximate surface area is 99.6 Å². The van der Waals surface area contributed by atoms with E-state index >= 15 is 0 Å². The fourth-order valence-corrected chi connectivity index (χ4v) is 0.885. The van der Waals surface area contributed by atoms with Gasteiger partial charge in [0.15, 0.2) is 0 Å². The SMILES string of the molecule is Cc1ccc(N)nc1.[2H]C([2H])([2H])c1ccc(N)nc1. The van der Waals surface area contributed by atoms with Crippen LogP contribution < -0.4 is 11.5 Å². The molecule has 0 amide bonds. The number of nitrogens with two attached hydrogens (primary N) is 2. The standard InChI is InChI=1S/2C6H8N2/c2*1-5-2-3-6(7)8-4-5/h2*2-4H,1H3,(H2,7,8)/i1D3;. The second kappa shape index (κ2) is 5.70. The van der Waals surface area contributed by atoms with E-state index in [2.05, 4.69) is 9.97 Å². The first-order chi connectivity index (χ1) is 8.79. The van der Waals surface area contributed by atoms with Crippen molar-refractivity contribution in [3.8, 4) is 0 Å². The van der Waals surface area contributed by atoms with Gasteiger partial charge in [-0.1, -0.05) is 12.1 Å². The smallest absolute Gasteiger partial charge is 0.123 e. The van der Waals surface area contributed by atoms with Crippen molar-refractivity contribution in [2.45, 2.75) is 13.8 Å². The molecule has 0 aliphatic carbocycles. The number of nitrogen functional groups attached to an aromatic ring is 2. The largest absolute Gasteiger partial charge is 0.384 e. The van der Waals surface area contributed by atoms with Crippen LogP contribution in [0.25, 0.3) is 0 Å². The number of anilines is 2. The molecule has 2 heterocycles. The van der Waals surface area contributed by atoms with E-state index in [0.717, 1.165) is 5.56 Å². The van der Waals surface area contributed by atoms with Crippen molar-refractivity contribution in [1.29, 1.82) is 0 Å². The monoisotopic (exact) mass is 219 g/mol. The molecule has 0 saturated carbocycles. The molecule has 0 saturated heterocycles. The van der Waals surface area contributed by atoms with Gasteiger partial charge in [-0.15, -0.1) is 0 Å². The molecule has 16 heavy (non-hydrogen) atoms. The van der Waals surface area contributed by atoms with E-state index < -0.39 is 6.85 Å². The fraction of sp³-hybridized carbons (Fsp3) is 0.167. The summed E-state index contributed by atoms with van der Waals surface area (Å²) in [6.07, 6.45) is 3.01. The lowest BCUT2D eigenvalue weighted by molar-refractivity contribution is 1.28. The molecular formula is C12H16N4. The van der Waals surface area contributed by atoms with Crippen molar-refractivity contribution in [3.05, 3.63) is 47.8 Å². The van der Waals surface area contributed by atoms with Crippen molar-refractivity contribution in [3.63, 3.8) is 0 Å². The summed E-state index contributed by atoms with van der Waals surface area (Å²) in [5, 5.41) is 0. The molecule has 84 valence electrons. The average Bonchev–Trinajstić information content (AvgIpc) is 2.33. The van der Waals surface area contributed by atoms with Crippen LogP contribution in [0, 0.1) is 13.8 Å². The lowest BCUT2D eigenvalue weighted by Crippen LogP contribution is -1.87. The fourth-order valence-electron chi connectivity index (χ4n) is 0.885. The molecule has 0 atom stereocenters. The Hall–Kier alpha value is -2.10. The summed E-state index contributed by atoms with van der Waals surface area (Å²) in [6, 6.07) is 6.65. The van der Waals surface area contributed by atoms with Crippen molar-refractivity contribution in [1.82, 2.24) is 9.97 Å². The predicted octanol–water partition coefficient (Wildman–Crippen LogP) is 1.94. The number of aromatic nitrogens is 2. The molecule has 4 nitrogen and oxygen atoms in total. The molecule has 0 aliphatic heterocycles. The van der Waals surface area contributed by atoms with E-state index in [-0.39, 0.29) is 5.56 Å². The molecule has 0 spiro atoms. The second-order valence-corrected chi connectivity index (χ2v) is 3.23. The summed E-state index contributed by atoms with van der Waals surface area (Å²) in [5.41, 5.74) is 11.9. The Morgan fingerprint density at radius 2 is 1.44 bits per heavy atom. The zero-order valence-corrected chi connectivity index (χ0v) is 9.01. The van der Waals surface area contributed by atoms with Crippen molar-refractivity contribution in [2.75, 3.05) is 11.5 Å². The first kappa shape index (κ1) is 8.10. The molecule has 0 unspecified atom stereocenters. The van der Waals surface area contributed by atoms with Crippen molar-refractivity contribution < 1.29 is 4.11 Å².